The van der Waals surface area contributed by atoms with E-state index in [9.17, 15) is 14.4 Å². The number of nitrogens with zero attached hydrogens (tertiary/aromatic N) is 1. The molecule has 1 unspecified atom stereocenters. The Morgan fingerprint density at radius 3 is 2.24 bits per heavy atom. The summed E-state index contributed by atoms with van der Waals surface area (Å²) in [5.41, 5.74) is 0.731. The highest BCUT2D eigenvalue weighted by Crippen LogP contribution is 2.31. The van der Waals surface area contributed by atoms with Gasteiger partial charge in [-0.3, -0.25) is 19.4 Å². The Morgan fingerprint density at radius 1 is 0.892 bits per heavy atom. The van der Waals surface area contributed by atoms with Gasteiger partial charge in [0.25, 0.3) is 5.56 Å². The molecule has 2 amide bonds. The number of nitrogens with one attached hydrogen (secondary N) is 4. The van der Waals surface area contributed by atoms with Gasteiger partial charge in [0.15, 0.2) is 0 Å². The second-order valence-electron chi connectivity index (χ2n) is 8.26. The quantitative estimate of drug-likeness (QED) is 0.298. The average molecular weight is 498 g/mol. The smallest absolute Gasteiger partial charge is 0.258 e. The minimum atomic E-state index is -1.00. The number of H-pyrrole nitrogens is 1. The van der Waals surface area contributed by atoms with E-state index in [0.29, 0.717) is 28.6 Å². The number of carbonyl (C=O) groups is 2. The number of carbonyl (C=O) groups excluding carboxylic acids is 2. The lowest BCUT2D eigenvalue weighted by molar-refractivity contribution is -0.123. The van der Waals surface area contributed by atoms with Crippen LogP contribution in [-0.2, 0) is 9.59 Å². The first-order valence-electron chi connectivity index (χ1n) is 11.5. The van der Waals surface area contributed by atoms with Gasteiger partial charge in [-0.15, -0.1) is 0 Å². The van der Waals surface area contributed by atoms with Gasteiger partial charge in [-0.25, -0.2) is 0 Å². The molecule has 4 aromatic rings. The van der Waals surface area contributed by atoms with Crippen molar-refractivity contribution in [1.82, 2.24) is 9.97 Å². The van der Waals surface area contributed by atoms with Gasteiger partial charge >= 0.3 is 0 Å². The van der Waals surface area contributed by atoms with Gasteiger partial charge in [-0.2, -0.15) is 4.98 Å². The Labute approximate surface area is 211 Å². The van der Waals surface area contributed by atoms with E-state index in [2.05, 4.69) is 25.9 Å². The summed E-state index contributed by atoms with van der Waals surface area (Å²) in [5.74, 6) is 0.240. The summed E-state index contributed by atoms with van der Waals surface area (Å²) in [7, 11) is 1.57. The highest BCUT2D eigenvalue weighted by molar-refractivity contribution is 6.04. The van der Waals surface area contributed by atoms with Crippen LogP contribution in [-0.4, -0.2) is 28.9 Å². The van der Waals surface area contributed by atoms with Crippen molar-refractivity contribution in [1.29, 1.82) is 0 Å². The predicted octanol–water partition coefficient (Wildman–Crippen LogP) is 4.38. The van der Waals surface area contributed by atoms with Crippen LogP contribution in [0.25, 0.3) is 0 Å². The number of fused-ring (bicyclic) bond motifs is 1. The van der Waals surface area contributed by atoms with Crippen molar-refractivity contribution in [3.8, 4) is 17.2 Å². The fourth-order valence-corrected chi connectivity index (χ4v) is 3.93. The van der Waals surface area contributed by atoms with E-state index in [-0.39, 0.29) is 23.8 Å². The van der Waals surface area contributed by atoms with Crippen LogP contribution in [0.4, 0.5) is 23.1 Å². The van der Waals surface area contributed by atoms with E-state index in [1.54, 1.807) is 55.6 Å². The third-order valence-electron chi connectivity index (χ3n) is 5.72. The number of benzene rings is 3. The predicted molar refractivity (Wildman–Crippen MR) is 139 cm³/mol. The van der Waals surface area contributed by atoms with Crippen LogP contribution in [0.5, 0.6) is 17.2 Å². The van der Waals surface area contributed by atoms with E-state index in [0.717, 1.165) is 0 Å². The number of aromatic nitrogens is 2. The molecule has 0 saturated heterocycles. The van der Waals surface area contributed by atoms with E-state index in [4.69, 9.17) is 9.47 Å². The largest absolute Gasteiger partial charge is 0.497 e. The Balaban J connectivity index is 1.32. The van der Waals surface area contributed by atoms with E-state index in [1.165, 1.54) is 0 Å². The maximum absolute atomic E-state index is 13.1. The molecule has 1 aliphatic heterocycles. The number of para-hydroxylation sites is 1. The summed E-state index contributed by atoms with van der Waals surface area (Å²) in [6.07, 6.45) is -0.177. The first kappa shape index (κ1) is 23.6. The van der Waals surface area contributed by atoms with Crippen LogP contribution in [0, 0.1) is 0 Å². The summed E-state index contributed by atoms with van der Waals surface area (Å²) in [5, 5.41) is 8.35. The van der Waals surface area contributed by atoms with Gasteiger partial charge in [0, 0.05) is 17.8 Å². The molecule has 186 valence electrons. The van der Waals surface area contributed by atoms with E-state index >= 15 is 0 Å². The highest BCUT2D eigenvalue weighted by atomic mass is 16.5. The zero-order valence-electron chi connectivity index (χ0n) is 19.8. The number of amides is 2. The minimum Gasteiger partial charge on any atom is -0.497 e. The topological polar surface area (TPSA) is 134 Å². The number of aromatic amines is 1. The molecular weight excluding hydrogens is 474 g/mol. The maximum Gasteiger partial charge on any atom is 0.258 e. The second-order valence-corrected chi connectivity index (χ2v) is 8.26. The number of methoxy groups -OCH3 is 1. The number of hydrogen-bond donors (Lipinski definition) is 4. The molecule has 0 radical (unpaired) electrons. The molecular formula is C27H23N5O5. The summed E-state index contributed by atoms with van der Waals surface area (Å²) in [6.45, 7) is 0. The zero-order chi connectivity index (χ0) is 25.8. The van der Waals surface area contributed by atoms with Crippen LogP contribution in [0.2, 0.25) is 0 Å². The fraction of sp³-hybridized carbons (Fsp3) is 0.111. The number of ether oxygens (including phenoxy) is 2. The molecule has 10 heteroatoms. The third kappa shape index (κ3) is 5.43. The molecule has 1 aromatic heterocycles. The van der Waals surface area contributed by atoms with Crippen molar-refractivity contribution in [3.63, 3.8) is 0 Å². The molecule has 0 aliphatic carbocycles. The lowest BCUT2D eigenvalue weighted by Crippen LogP contribution is -2.36. The SMILES string of the molecule is COc1ccc(Nc2nc3c(c(=O)[nH]2)C(C(=O)Nc2ccc(Oc4ccccc4)cc2)CC(=O)N3)cc1. The van der Waals surface area contributed by atoms with Gasteiger partial charge < -0.3 is 25.4 Å². The van der Waals surface area contributed by atoms with Crippen LogP contribution >= 0.6 is 0 Å². The van der Waals surface area contributed by atoms with Crippen LogP contribution in [0.15, 0.2) is 83.7 Å². The molecule has 1 atom stereocenters. The normalized spacial score (nSPS) is 14.2. The summed E-state index contributed by atoms with van der Waals surface area (Å²) in [4.78, 5) is 45.4. The second kappa shape index (κ2) is 10.2. The highest BCUT2D eigenvalue weighted by Gasteiger charge is 2.34. The number of anilines is 4. The molecule has 0 fully saturated rings. The van der Waals surface area contributed by atoms with Crippen molar-refractivity contribution in [2.45, 2.75) is 12.3 Å². The molecule has 37 heavy (non-hydrogen) atoms. The molecule has 4 N–H and O–H groups in total. The molecule has 0 bridgehead atoms. The van der Waals surface area contributed by atoms with Gasteiger partial charge in [0.2, 0.25) is 17.8 Å². The standard InChI is InChI=1S/C27H23N5O5/c1-36-18-11-7-17(8-12-18)29-27-31-24-23(26(35)32-27)21(15-22(33)30-24)25(34)28-16-9-13-20(14-10-16)37-19-5-3-2-4-6-19/h2-14,21H,15H2,1H3,(H,28,34)(H3,29,30,31,32,33,35). The molecule has 3 aromatic carbocycles. The summed E-state index contributed by atoms with van der Waals surface area (Å²) < 4.78 is 10.9. The first-order valence-corrected chi connectivity index (χ1v) is 11.5. The summed E-state index contributed by atoms with van der Waals surface area (Å²) in [6, 6.07) is 23.1. The van der Waals surface area contributed by atoms with Crippen LogP contribution in [0.1, 0.15) is 17.9 Å². The molecule has 10 nitrogen and oxygen atoms in total. The lowest BCUT2D eigenvalue weighted by atomic mass is 9.92. The van der Waals surface area contributed by atoms with E-state index < -0.39 is 23.3 Å². The molecule has 1 aliphatic rings. The minimum absolute atomic E-state index is 0.0442. The zero-order valence-corrected chi connectivity index (χ0v) is 19.8. The first-order chi connectivity index (χ1) is 18.0. The van der Waals surface area contributed by atoms with Crippen molar-refractivity contribution >= 4 is 35.0 Å². The molecule has 2 heterocycles. The van der Waals surface area contributed by atoms with Crippen LogP contribution < -0.4 is 31.0 Å². The Bertz CT molecular complexity index is 1480. The monoisotopic (exact) mass is 497 g/mol. The van der Waals surface area contributed by atoms with Crippen molar-refractivity contribution in [3.05, 3.63) is 94.8 Å². The van der Waals surface area contributed by atoms with Gasteiger partial charge in [-0.05, 0) is 60.7 Å². The Kier molecular flexibility index (Phi) is 6.54. The third-order valence-corrected chi connectivity index (χ3v) is 5.72. The number of rotatable bonds is 7. The summed E-state index contributed by atoms with van der Waals surface area (Å²) >= 11 is 0. The van der Waals surface area contributed by atoms with Crippen molar-refractivity contribution in [2.24, 2.45) is 0 Å². The maximum atomic E-state index is 13.1. The van der Waals surface area contributed by atoms with Gasteiger partial charge in [0.1, 0.15) is 23.1 Å². The average Bonchev–Trinajstić information content (AvgIpc) is 2.90. The van der Waals surface area contributed by atoms with Gasteiger partial charge in [-0.1, -0.05) is 18.2 Å². The Morgan fingerprint density at radius 2 is 1.54 bits per heavy atom. The fourth-order valence-electron chi connectivity index (χ4n) is 3.93. The van der Waals surface area contributed by atoms with Crippen LogP contribution in [0.3, 0.4) is 0 Å². The Hall–Kier alpha value is -5.12. The molecule has 0 spiro atoms. The molecule has 5 rings (SSSR count). The van der Waals surface area contributed by atoms with E-state index in [1.807, 2.05) is 30.3 Å². The van der Waals surface area contributed by atoms with Crippen molar-refractivity contribution < 1.29 is 19.1 Å². The van der Waals surface area contributed by atoms with Gasteiger partial charge in [0.05, 0.1) is 18.6 Å². The molecule has 0 saturated carbocycles. The van der Waals surface area contributed by atoms with Crippen molar-refractivity contribution in [2.75, 3.05) is 23.1 Å². The lowest BCUT2D eigenvalue weighted by Gasteiger charge is -2.23. The number of hydrogen-bond acceptors (Lipinski definition) is 7.